The van der Waals surface area contributed by atoms with Gasteiger partial charge in [-0.3, -0.25) is 9.59 Å². The second-order valence-corrected chi connectivity index (χ2v) is 4.99. The summed E-state index contributed by atoms with van der Waals surface area (Å²) in [5, 5.41) is 3.59. The minimum absolute atomic E-state index is 0.0527. The maximum Gasteiger partial charge on any atom is 0.292 e. The number of rotatable bonds is 5. The SMILES string of the molecule is CCC(CC)NC(=O)C(=O)c1c(C)[nH]c2ccccc12. The Bertz CT molecular complexity index is 639. The summed E-state index contributed by atoms with van der Waals surface area (Å²) in [6.45, 7) is 5.81. The zero-order valence-corrected chi connectivity index (χ0v) is 12.1. The molecule has 0 saturated heterocycles. The van der Waals surface area contributed by atoms with Gasteiger partial charge in [0.15, 0.2) is 0 Å². The molecule has 0 spiro atoms. The van der Waals surface area contributed by atoms with Gasteiger partial charge < -0.3 is 10.3 Å². The average Bonchev–Trinajstić information content (AvgIpc) is 2.79. The first-order valence-corrected chi connectivity index (χ1v) is 7.00. The molecule has 0 aliphatic rings. The normalized spacial score (nSPS) is 11.0. The zero-order valence-electron chi connectivity index (χ0n) is 12.1. The summed E-state index contributed by atoms with van der Waals surface area (Å²) >= 11 is 0. The Labute approximate surface area is 118 Å². The minimum atomic E-state index is -0.522. The van der Waals surface area contributed by atoms with Gasteiger partial charge in [0.05, 0.1) is 5.56 Å². The number of fused-ring (bicyclic) bond motifs is 1. The second-order valence-electron chi connectivity index (χ2n) is 4.99. The standard InChI is InChI=1S/C16H20N2O2/c1-4-11(5-2)18-16(20)15(19)14-10(3)17-13-9-7-6-8-12(13)14/h6-9,11,17H,4-5H2,1-3H3,(H,18,20). The van der Waals surface area contributed by atoms with Gasteiger partial charge in [0.1, 0.15) is 0 Å². The minimum Gasteiger partial charge on any atom is -0.358 e. The third-order valence-corrected chi connectivity index (χ3v) is 3.65. The van der Waals surface area contributed by atoms with E-state index in [-0.39, 0.29) is 6.04 Å². The van der Waals surface area contributed by atoms with E-state index < -0.39 is 11.7 Å². The van der Waals surface area contributed by atoms with Crippen LogP contribution in [-0.2, 0) is 4.79 Å². The number of carbonyl (C=O) groups excluding carboxylic acids is 2. The molecule has 2 N–H and O–H groups in total. The summed E-state index contributed by atoms with van der Waals surface area (Å²) in [6, 6.07) is 7.58. The average molecular weight is 272 g/mol. The lowest BCUT2D eigenvalue weighted by Gasteiger charge is -2.13. The fourth-order valence-corrected chi connectivity index (χ4v) is 2.43. The van der Waals surface area contributed by atoms with E-state index in [1.165, 1.54) is 0 Å². The maximum absolute atomic E-state index is 12.4. The number of para-hydroxylation sites is 1. The molecule has 106 valence electrons. The molecule has 1 aromatic heterocycles. The van der Waals surface area contributed by atoms with Crippen LogP contribution in [0.15, 0.2) is 24.3 Å². The van der Waals surface area contributed by atoms with Crippen molar-refractivity contribution >= 4 is 22.6 Å². The molecule has 2 rings (SSSR count). The number of amides is 1. The number of H-pyrrole nitrogens is 1. The highest BCUT2D eigenvalue weighted by atomic mass is 16.2. The largest absolute Gasteiger partial charge is 0.358 e. The molecule has 20 heavy (non-hydrogen) atoms. The smallest absolute Gasteiger partial charge is 0.292 e. The molecule has 0 aliphatic carbocycles. The predicted octanol–water partition coefficient (Wildman–Crippen LogP) is 2.96. The maximum atomic E-state index is 12.4. The molecule has 1 amide bonds. The van der Waals surface area contributed by atoms with Crippen LogP contribution < -0.4 is 5.32 Å². The molecule has 4 heteroatoms. The van der Waals surface area contributed by atoms with Crippen LogP contribution in [0.3, 0.4) is 0 Å². The predicted molar refractivity (Wildman–Crippen MR) is 79.9 cm³/mol. The van der Waals surface area contributed by atoms with Crippen molar-refractivity contribution in [1.82, 2.24) is 10.3 Å². The van der Waals surface area contributed by atoms with E-state index in [0.717, 1.165) is 29.4 Å². The third kappa shape index (κ3) is 2.59. The van der Waals surface area contributed by atoms with Gasteiger partial charge in [-0.1, -0.05) is 32.0 Å². The van der Waals surface area contributed by atoms with Crippen molar-refractivity contribution in [1.29, 1.82) is 0 Å². The third-order valence-electron chi connectivity index (χ3n) is 3.65. The number of Topliss-reactive ketones (excluding diaryl/α,β-unsaturated/α-hetero) is 1. The topological polar surface area (TPSA) is 62.0 Å². The molecule has 0 bridgehead atoms. The quantitative estimate of drug-likeness (QED) is 0.649. The molecular formula is C16H20N2O2. The van der Waals surface area contributed by atoms with Gasteiger partial charge in [0, 0.05) is 22.6 Å². The van der Waals surface area contributed by atoms with Crippen molar-refractivity contribution in [2.24, 2.45) is 0 Å². The second kappa shape index (κ2) is 5.90. The van der Waals surface area contributed by atoms with E-state index in [1.807, 2.05) is 45.0 Å². The Kier molecular flexibility index (Phi) is 4.23. The van der Waals surface area contributed by atoms with Crippen LogP contribution in [0.1, 0.15) is 42.7 Å². The molecule has 0 saturated carbocycles. The molecule has 0 atom stereocenters. The van der Waals surface area contributed by atoms with Gasteiger partial charge >= 0.3 is 0 Å². The Balaban J connectivity index is 2.31. The van der Waals surface area contributed by atoms with E-state index in [0.29, 0.717) is 5.56 Å². The van der Waals surface area contributed by atoms with Crippen LogP contribution in [0.2, 0.25) is 0 Å². The van der Waals surface area contributed by atoms with Crippen LogP contribution in [0.5, 0.6) is 0 Å². The number of aromatic nitrogens is 1. The number of benzene rings is 1. The Morgan fingerprint density at radius 3 is 2.50 bits per heavy atom. The molecule has 0 unspecified atom stereocenters. The Morgan fingerprint density at radius 1 is 1.20 bits per heavy atom. The summed E-state index contributed by atoms with van der Waals surface area (Å²) < 4.78 is 0. The van der Waals surface area contributed by atoms with E-state index in [2.05, 4.69) is 10.3 Å². The van der Waals surface area contributed by atoms with Gasteiger partial charge in [-0.05, 0) is 25.8 Å². The molecule has 0 aliphatic heterocycles. The molecular weight excluding hydrogens is 252 g/mol. The highest BCUT2D eigenvalue weighted by Gasteiger charge is 2.23. The van der Waals surface area contributed by atoms with E-state index in [4.69, 9.17) is 0 Å². The van der Waals surface area contributed by atoms with Crippen molar-refractivity contribution in [2.45, 2.75) is 39.7 Å². The molecule has 4 nitrogen and oxygen atoms in total. The molecule has 0 radical (unpaired) electrons. The number of nitrogens with one attached hydrogen (secondary N) is 2. The number of aryl methyl sites for hydroxylation is 1. The van der Waals surface area contributed by atoms with Crippen molar-refractivity contribution in [3.63, 3.8) is 0 Å². The Morgan fingerprint density at radius 2 is 1.85 bits per heavy atom. The number of aromatic amines is 1. The van der Waals surface area contributed by atoms with Crippen LogP contribution >= 0.6 is 0 Å². The van der Waals surface area contributed by atoms with Crippen LogP contribution in [0, 0.1) is 6.92 Å². The lowest BCUT2D eigenvalue weighted by Crippen LogP contribution is -2.38. The number of ketones is 1. The van der Waals surface area contributed by atoms with E-state index in [9.17, 15) is 9.59 Å². The summed E-state index contributed by atoms with van der Waals surface area (Å²) in [5.74, 6) is -0.988. The first-order chi connectivity index (χ1) is 9.58. The monoisotopic (exact) mass is 272 g/mol. The number of hydrogen-bond donors (Lipinski definition) is 2. The van der Waals surface area contributed by atoms with Gasteiger partial charge in [0.25, 0.3) is 11.7 Å². The molecule has 1 heterocycles. The summed E-state index contributed by atoms with van der Waals surface area (Å²) in [7, 11) is 0. The summed E-state index contributed by atoms with van der Waals surface area (Å²) in [4.78, 5) is 27.6. The van der Waals surface area contributed by atoms with Gasteiger partial charge in [-0.15, -0.1) is 0 Å². The van der Waals surface area contributed by atoms with E-state index >= 15 is 0 Å². The van der Waals surface area contributed by atoms with E-state index in [1.54, 1.807) is 0 Å². The van der Waals surface area contributed by atoms with Crippen molar-refractivity contribution in [3.05, 3.63) is 35.5 Å². The van der Waals surface area contributed by atoms with Gasteiger partial charge in [0.2, 0.25) is 0 Å². The lowest BCUT2D eigenvalue weighted by molar-refractivity contribution is -0.117. The number of carbonyl (C=O) groups is 2. The molecule has 2 aromatic rings. The van der Waals surface area contributed by atoms with Crippen molar-refractivity contribution in [3.8, 4) is 0 Å². The molecule has 0 fully saturated rings. The van der Waals surface area contributed by atoms with Crippen LogP contribution in [0.25, 0.3) is 10.9 Å². The fourth-order valence-electron chi connectivity index (χ4n) is 2.43. The highest BCUT2D eigenvalue weighted by Crippen LogP contribution is 2.22. The first kappa shape index (κ1) is 14.3. The zero-order chi connectivity index (χ0) is 14.7. The summed E-state index contributed by atoms with van der Waals surface area (Å²) in [6.07, 6.45) is 1.64. The molecule has 1 aromatic carbocycles. The van der Waals surface area contributed by atoms with Gasteiger partial charge in [-0.2, -0.15) is 0 Å². The summed E-state index contributed by atoms with van der Waals surface area (Å²) in [5.41, 5.74) is 2.09. The van der Waals surface area contributed by atoms with Gasteiger partial charge in [-0.25, -0.2) is 0 Å². The van der Waals surface area contributed by atoms with Crippen molar-refractivity contribution < 1.29 is 9.59 Å². The first-order valence-electron chi connectivity index (χ1n) is 7.00. The van der Waals surface area contributed by atoms with Crippen LogP contribution in [0.4, 0.5) is 0 Å². The fraction of sp³-hybridized carbons (Fsp3) is 0.375. The lowest BCUT2D eigenvalue weighted by atomic mass is 10.1. The number of hydrogen-bond acceptors (Lipinski definition) is 2. The van der Waals surface area contributed by atoms with Crippen LogP contribution in [-0.4, -0.2) is 22.7 Å². The highest BCUT2D eigenvalue weighted by molar-refractivity contribution is 6.45. The van der Waals surface area contributed by atoms with Crippen molar-refractivity contribution in [2.75, 3.05) is 0 Å². The Hall–Kier alpha value is -2.10.